The van der Waals surface area contributed by atoms with Crippen molar-refractivity contribution in [1.82, 2.24) is 29.7 Å². The van der Waals surface area contributed by atoms with E-state index in [0.717, 1.165) is 102 Å². The molecule has 3 N–H and O–H groups in total. The number of carbonyl (C=O) groups is 3. The minimum Gasteiger partial charge on any atom is -0.497 e. The molecule has 9 aromatic rings. The number of ether oxygens (including phenoxy) is 1. The summed E-state index contributed by atoms with van der Waals surface area (Å²) in [4.78, 5) is 68.4. The number of fused-ring (bicyclic) bond motifs is 1. The highest BCUT2D eigenvalue weighted by Crippen LogP contribution is 2.35. The van der Waals surface area contributed by atoms with Crippen LogP contribution in [0.15, 0.2) is 183 Å². The van der Waals surface area contributed by atoms with E-state index in [1.165, 1.54) is 93.9 Å². The predicted octanol–water partition coefficient (Wildman–Crippen LogP) is 12.0. The second-order valence-electron chi connectivity index (χ2n) is 24.7. The molecule has 15 rings (SSSR count). The highest BCUT2D eigenvalue weighted by atomic mass is 35.5. The first-order chi connectivity index (χ1) is 49.1. The molecule has 0 unspecified atom stereocenters. The molecule has 3 amide bonds. The maximum absolute atomic E-state index is 13.3. The molecule has 0 saturated carbocycles. The SMILES string of the molecule is COc1cccc(N2CCN([C@H]3CCN(c4ccc(S(=O)(=O)Nc5nccs5)cc4)C3=O)CC2)c1.O=C1[C@@H](N2CCN(c3cc(Cl)cc(Cl)c3)CC2)CCN1c1ccc(S(=O)(=O)Nc2nccs2)cc1.O=C1[C@@H](N2CCc3ccc(Cl)cc3C2)CCN1c1ccc(S(=O)(=O)Nc2nccs2)cc1.[HH].[HH].[HH].[HH].[HH]. The quantitative estimate of drug-likeness (QED) is 0.0721. The molecule has 6 aliphatic heterocycles. The number of amides is 3. The maximum atomic E-state index is 13.3. The number of nitrogens with one attached hydrogen (secondary N) is 3. The van der Waals surface area contributed by atoms with E-state index in [1.807, 2.05) is 42.5 Å². The molecule has 0 aliphatic carbocycles. The van der Waals surface area contributed by atoms with E-state index in [2.05, 4.69) is 65.8 Å². The number of aromatic nitrogens is 3. The summed E-state index contributed by atoms with van der Waals surface area (Å²) in [7, 11) is -9.51. The largest absolute Gasteiger partial charge is 0.497 e. The third-order valence-corrected chi connectivity index (χ3v) is 25.9. The first-order valence-electron chi connectivity index (χ1n) is 32.8. The minimum atomic E-state index is -3.73. The number of rotatable bonds is 18. The van der Waals surface area contributed by atoms with Crippen molar-refractivity contribution in [2.75, 3.05) is 124 Å². The lowest BCUT2D eigenvalue weighted by molar-refractivity contribution is -0.122. The Morgan fingerprint density at radius 2 is 0.824 bits per heavy atom. The first-order valence-corrected chi connectivity index (χ1v) is 41.0. The third-order valence-electron chi connectivity index (χ3n) is 18.7. The number of carbonyl (C=O) groups excluding carboxylic acids is 3. The van der Waals surface area contributed by atoms with Crippen LogP contribution in [0.3, 0.4) is 0 Å². The molecule has 3 aromatic heterocycles. The lowest BCUT2D eigenvalue weighted by Crippen LogP contribution is -2.52. The van der Waals surface area contributed by atoms with E-state index in [0.29, 0.717) is 73.7 Å². The van der Waals surface area contributed by atoms with Gasteiger partial charge < -0.3 is 29.2 Å². The summed E-state index contributed by atoms with van der Waals surface area (Å²) in [5, 5.41) is 7.97. The second kappa shape index (κ2) is 31.5. The number of nitrogens with zero attached hydrogens (tertiary/aromatic N) is 11. The Bertz CT molecular complexity index is 4800. The molecule has 0 bridgehead atoms. The number of methoxy groups -OCH3 is 1. The number of thiazole rings is 3. The Hall–Kier alpha value is -7.98. The van der Waals surface area contributed by atoms with Crippen molar-refractivity contribution in [3.05, 3.63) is 194 Å². The summed E-state index contributed by atoms with van der Waals surface area (Å²) < 4.78 is 88.1. The zero-order chi connectivity index (χ0) is 71.3. The number of hydrogen-bond donors (Lipinski definition) is 3. The third kappa shape index (κ3) is 16.8. The Balaban J connectivity index is 0.000000198. The zero-order valence-electron chi connectivity index (χ0n) is 55.0. The highest BCUT2D eigenvalue weighted by molar-refractivity contribution is 7.93. The van der Waals surface area contributed by atoms with Crippen LogP contribution in [0.2, 0.25) is 15.1 Å². The maximum Gasteiger partial charge on any atom is 0.263 e. The first kappa shape index (κ1) is 72.4. The lowest BCUT2D eigenvalue weighted by atomic mass is 9.98. The van der Waals surface area contributed by atoms with Crippen LogP contribution in [-0.2, 0) is 57.4 Å². The average Bonchev–Trinajstić information content (AvgIpc) is 1.69. The summed E-state index contributed by atoms with van der Waals surface area (Å²) in [6.45, 7) is 9.72. The molecule has 0 radical (unpaired) electrons. The van der Waals surface area contributed by atoms with Crippen molar-refractivity contribution in [3.8, 4) is 5.75 Å². The molecule has 9 heterocycles. The number of piperazine rings is 2. The van der Waals surface area contributed by atoms with E-state index in [9.17, 15) is 39.6 Å². The van der Waals surface area contributed by atoms with Gasteiger partial charge >= 0.3 is 0 Å². The predicted molar refractivity (Wildman–Crippen MR) is 414 cm³/mol. The molecule has 3 atom stereocenters. The van der Waals surface area contributed by atoms with Crippen LogP contribution in [0.1, 0.15) is 37.5 Å². The van der Waals surface area contributed by atoms with Crippen LogP contribution in [0, 0.1) is 0 Å². The van der Waals surface area contributed by atoms with E-state index < -0.39 is 30.1 Å². The number of sulfonamides is 3. The Kier molecular flexibility index (Phi) is 22.4. The monoisotopic (exact) mass is 1560 g/mol. The molecule has 33 heteroatoms. The van der Waals surface area contributed by atoms with Crippen LogP contribution < -0.4 is 43.4 Å². The Labute approximate surface area is 626 Å². The van der Waals surface area contributed by atoms with E-state index in [4.69, 9.17) is 39.5 Å². The van der Waals surface area contributed by atoms with E-state index in [1.54, 1.807) is 86.6 Å². The molecule has 24 nitrogen and oxygen atoms in total. The summed E-state index contributed by atoms with van der Waals surface area (Å²) in [5.41, 5.74) is 6.68. The molecule has 544 valence electrons. The molecule has 5 saturated heterocycles. The molecule has 6 aliphatic rings. The summed E-state index contributed by atoms with van der Waals surface area (Å²) in [6, 6.07) is 38.2. The van der Waals surface area contributed by atoms with Gasteiger partial charge in [0.2, 0.25) is 17.7 Å². The molecule has 0 spiro atoms. The Morgan fingerprint density at radius 3 is 1.22 bits per heavy atom. The highest BCUT2D eigenvalue weighted by Gasteiger charge is 2.41. The van der Waals surface area contributed by atoms with Crippen LogP contribution in [0.5, 0.6) is 5.75 Å². The van der Waals surface area contributed by atoms with Crippen LogP contribution >= 0.6 is 68.8 Å². The van der Waals surface area contributed by atoms with Crippen molar-refractivity contribution in [2.45, 2.75) is 65.0 Å². The van der Waals surface area contributed by atoms with Crippen molar-refractivity contribution < 1.29 is 51.5 Å². The summed E-state index contributed by atoms with van der Waals surface area (Å²) in [6.07, 6.45) is 7.73. The van der Waals surface area contributed by atoms with Crippen molar-refractivity contribution in [3.63, 3.8) is 0 Å². The Morgan fingerprint density at radius 1 is 0.422 bits per heavy atom. The molecular weight excluding hydrogens is 1480 g/mol. The van der Waals surface area contributed by atoms with Gasteiger partial charge in [-0.15, -0.1) is 34.0 Å². The number of anilines is 8. The van der Waals surface area contributed by atoms with Crippen molar-refractivity contribution in [1.29, 1.82) is 0 Å². The average molecular weight is 1570 g/mol. The van der Waals surface area contributed by atoms with Gasteiger partial charge in [-0.2, -0.15) is 0 Å². The fraction of sp³-hybridized carbons (Fsp3) is 0.304. The van der Waals surface area contributed by atoms with Gasteiger partial charge in [-0.25, -0.2) is 40.2 Å². The van der Waals surface area contributed by atoms with Gasteiger partial charge in [0.05, 0.1) is 39.9 Å². The van der Waals surface area contributed by atoms with Gasteiger partial charge in [-0.1, -0.05) is 46.9 Å². The van der Waals surface area contributed by atoms with Crippen LogP contribution in [0.4, 0.5) is 43.8 Å². The van der Waals surface area contributed by atoms with Gasteiger partial charge in [-0.05, 0) is 152 Å². The molecule has 5 fully saturated rings. The zero-order valence-corrected chi connectivity index (χ0v) is 62.2. The van der Waals surface area contributed by atoms with Gasteiger partial charge in [0.15, 0.2) is 15.4 Å². The smallest absolute Gasteiger partial charge is 0.263 e. The van der Waals surface area contributed by atoms with Crippen molar-refractivity contribution >= 4 is 160 Å². The van der Waals surface area contributed by atoms with E-state index in [-0.39, 0.29) is 57.7 Å². The topological polar surface area (TPSA) is 264 Å². The van der Waals surface area contributed by atoms with Gasteiger partial charge in [0, 0.05) is 177 Å². The second-order valence-corrected chi connectivity index (χ2v) is 33.7. The van der Waals surface area contributed by atoms with Crippen LogP contribution in [-0.4, -0.2) is 176 Å². The van der Waals surface area contributed by atoms with Gasteiger partial charge in [0.25, 0.3) is 30.1 Å². The standard InChI is InChI=1S/C24H27N5O4S2.C23H23Cl2N5O3S2.C22H21ClN4O3S2.5H2/c1-33-20-4-2-3-19(17-20)27-12-14-28(15-13-27)22-9-11-29(23(22)30)18-5-7-21(8-6-18)35(31,32)26-24-25-10-16-34-24;24-16-13-17(25)15-19(14-16)28-8-10-29(11-9-28)21-5-7-30(22(21)31)18-1-3-20(4-2-18)35(32,33)27-23-26-6-12-34-23;23-17-2-1-15-7-10-26(14-16(15)13-17)20-8-11-27(21(20)28)18-3-5-19(6-4-18)32(29,30)25-22-24-9-12-31-22;;;;;/h2-8,10,16-17,22H,9,11-15H2,1H3,(H,25,26);1-4,6,12-15,21H,5,7-11H2,(H,26,27);1-6,9,12-13,20H,7-8,10-11,14H2,(H,24,25);5*1H/t22-;21-;20-;;;;;/m000...../s1. The lowest BCUT2D eigenvalue weighted by Gasteiger charge is -2.38. The number of halogens is 3. The number of benzene rings is 6. The fourth-order valence-corrected chi connectivity index (χ4v) is 19.5. The van der Waals surface area contributed by atoms with Crippen LogP contribution in [0.25, 0.3) is 0 Å². The molecule has 6 aromatic carbocycles. The molecular formula is C69H81Cl3N14O10S6. The van der Waals surface area contributed by atoms with Crippen molar-refractivity contribution in [2.24, 2.45) is 0 Å². The summed E-state index contributed by atoms with van der Waals surface area (Å²) >= 11 is 22.1. The van der Waals surface area contributed by atoms with E-state index >= 15 is 0 Å². The normalized spacial score (nSPS) is 19.3. The van der Waals surface area contributed by atoms with Gasteiger partial charge in [-0.3, -0.25) is 43.2 Å². The fourth-order valence-electron chi connectivity index (χ4n) is 13.5. The van der Waals surface area contributed by atoms with Gasteiger partial charge in [0.1, 0.15) is 5.75 Å². The molecule has 102 heavy (non-hydrogen) atoms. The summed E-state index contributed by atoms with van der Waals surface area (Å²) in [5.74, 6) is 0.994. The number of hydrogen-bond acceptors (Lipinski definition) is 21. The minimum absolute atomic E-state index is 0.